The summed E-state index contributed by atoms with van der Waals surface area (Å²) in [6, 6.07) is 0. The summed E-state index contributed by atoms with van der Waals surface area (Å²) < 4.78 is 25.9. The zero-order valence-electron chi connectivity index (χ0n) is 8.25. The van der Waals surface area contributed by atoms with Gasteiger partial charge in [-0.3, -0.25) is 0 Å². The SMILES string of the molecule is CC(Cl)CCCNS(=O)(=O)N(C)C. The number of hydrogen-bond acceptors (Lipinski definition) is 2. The van der Waals surface area contributed by atoms with Crippen LogP contribution >= 0.6 is 11.6 Å². The normalized spacial score (nSPS) is 14.8. The minimum Gasteiger partial charge on any atom is -0.202 e. The Hall–Kier alpha value is 0.160. The van der Waals surface area contributed by atoms with Crippen molar-refractivity contribution in [2.24, 2.45) is 0 Å². The molecule has 80 valence electrons. The molecule has 0 amide bonds. The van der Waals surface area contributed by atoms with Crippen molar-refractivity contribution in [3.63, 3.8) is 0 Å². The Morgan fingerprint density at radius 1 is 1.46 bits per heavy atom. The van der Waals surface area contributed by atoms with E-state index in [-0.39, 0.29) is 5.38 Å². The largest absolute Gasteiger partial charge is 0.278 e. The van der Waals surface area contributed by atoms with E-state index < -0.39 is 10.2 Å². The third kappa shape index (κ3) is 6.26. The highest BCUT2D eigenvalue weighted by Gasteiger charge is 2.11. The predicted octanol–water partition coefficient (Wildman–Crippen LogP) is 0.790. The van der Waals surface area contributed by atoms with Gasteiger partial charge in [0.05, 0.1) is 0 Å². The van der Waals surface area contributed by atoms with Crippen LogP contribution in [0.2, 0.25) is 0 Å². The Labute approximate surface area is 85.4 Å². The van der Waals surface area contributed by atoms with Gasteiger partial charge in [0.15, 0.2) is 0 Å². The Kier molecular flexibility index (Phi) is 5.87. The van der Waals surface area contributed by atoms with Crippen molar-refractivity contribution in [2.75, 3.05) is 20.6 Å². The minimum atomic E-state index is -3.26. The van der Waals surface area contributed by atoms with Crippen LogP contribution in [0.1, 0.15) is 19.8 Å². The molecule has 0 rings (SSSR count). The van der Waals surface area contributed by atoms with E-state index in [1.807, 2.05) is 6.92 Å². The Morgan fingerprint density at radius 3 is 2.38 bits per heavy atom. The standard InChI is InChI=1S/C7H17ClN2O2S/c1-7(8)5-4-6-9-13(11,12)10(2)3/h7,9H,4-6H2,1-3H3. The molecule has 0 aromatic rings. The van der Waals surface area contributed by atoms with Gasteiger partial charge in [-0.15, -0.1) is 11.6 Å². The fourth-order valence-corrected chi connectivity index (χ4v) is 1.53. The third-order valence-electron chi connectivity index (χ3n) is 1.54. The molecule has 0 saturated heterocycles. The number of halogens is 1. The molecule has 1 atom stereocenters. The third-order valence-corrected chi connectivity index (χ3v) is 3.29. The predicted molar refractivity (Wildman–Crippen MR) is 55.2 cm³/mol. The van der Waals surface area contributed by atoms with E-state index in [2.05, 4.69) is 4.72 Å². The fourth-order valence-electron chi connectivity index (χ4n) is 0.714. The molecule has 13 heavy (non-hydrogen) atoms. The topological polar surface area (TPSA) is 49.4 Å². The first-order valence-corrected chi connectivity index (χ1v) is 6.05. The van der Waals surface area contributed by atoms with Crippen molar-refractivity contribution >= 4 is 21.8 Å². The molecule has 0 aliphatic heterocycles. The smallest absolute Gasteiger partial charge is 0.202 e. The lowest BCUT2D eigenvalue weighted by Gasteiger charge is -2.12. The Morgan fingerprint density at radius 2 is 2.00 bits per heavy atom. The van der Waals surface area contributed by atoms with Crippen LogP contribution in [-0.2, 0) is 10.2 Å². The molecule has 6 heteroatoms. The van der Waals surface area contributed by atoms with Crippen molar-refractivity contribution in [2.45, 2.75) is 25.1 Å². The molecular weight excluding hydrogens is 212 g/mol. The lowest BCUT2D eigenvalue weighted by atomic mass is 10.2. The molecule has 0 saturated carbocycles. The summed E-state index contributed by atoms with van der Waals surface area (Å²) in [6.45, 7) is 2.33. The quantitative estimate of drug-likeness (QED) is 0.540. The summed E-state index contributed by atoms with van der Waals surface area (Å²) in [5.41, 5.74) is 0. The van der Waals surface area contributed by atoms with Gasteiger partial charge < -0.3 is 0 Å². The van der Waals surface area contributed by atoms with Crippen LogP contribution in [0.25, 0.3) is 0 Å². The minimum absolute atomic E-state index is 0.101. The highest BCUT2D eigenvalue weighted by molar-refractivity contribution is 7.87. The second-order valence-corrected chi connectivity index (χ2v) is 5.82. The summed E-state index contributed by atoms with van der Waals surface area (Å²) >= 11 is 5.70. The zero-order chi connectivity index (χ0) is 10.5. The maximum atomic E-state index is 11.2. The van der Waals surface area contributed by atoms with E-state index in [9.17, 15) is 8.42 Å². The van der Waals surface area contributed by atoms with Gasteiger partial charge >= 0.3 is 0 Å². The highest BCUT2D eigenvalue weighted by atomic mass is 35.5. The molecule has 0 aromatic carbocycles. The molecule has 0 radical (unpaired) electrons. The zero-order valence-corrected chi connectivity index (χ0v) is 9.82. The lowest BCUT2D eigenvalue weighted by molar-refractivity contribution is 0.503. The van der Waals surface area contributed by atoms with E-state index in [0.717, 1.165) is 17.1 Å². The highest BCUT2D eigenvalue weighted by Crippen LogP contribution is 2.02. The van der Waals surface area contributed by atoms with E-state index in [1.165, 1.54) is 14.1 Å². The van der Waals surface area contributed by atoms with E-state index in [0.29, 0.717) is 6.54 Å². The van der Waals surface area contributed by atoms with Gasteiger partial charge in [-0.2, -0.15) is 12.7 Å². The van der Waals surface area contributed by atoms with Crippen LogP contribution in [0.3, 0.4) is 0 Å². The molecule has 0 fully saturated rings. The molecule has 0 aliphatic carbocycles. The second-order valence-electron chi connectivity index (χ2n) is 3.10. The number of hydrogen-bond donors (Lipinski definition) is 1. The number of alkyl halides is 1. The first-order valence-electron chi connectivity index (χ1n) is 4.17. The average Bonchev–Trinajstić information content (AvgIpc) is 1.97. The summed E-state index contributed by atoms with van der Waals surface area (Å²) in [4.78, 5) is 0. The lowest BCUT2D eigenvalue weighted by Crippen LogP contribution is -2.36. The number of nitrogens with zero attached hydrogens (tertiary/aromatic N) is 1. The molecular formula is C7H17ClN2O2S. The van der Waals surface area contributed by atoms with E-state index >= 15 is 0 Å². The van der Waals surface area contributed by atoms with Gasteiger partial charge in [-0.1, -0.05) is 0 Å². The number of rotatable bonds is 6. The first-order chi connectivity index (χ1) is 5.86. The average molecular weight is 229 g/mol. The molecule has 0 bridgehead atoms. The van der Waals surface area contributed by atoms with E-state index in [4.69, 9.17) is 11.6 Å². The van der Waals surface area contributed by atoms with Gasteiger partial charge in [0.25, 0.3) is 10.2 Å². The maximum absolute atomic E-state index is 11.2. The van der Waals surface area contributed by atoms with Crippen LogP contribution in [0.4, 0.5) is 0 Å². The van der Waals surface area contributed by atoms with Crippen molar-refractivity contribution in [1.29, 1.82) is 0 Å². The Bertz CT molecular complexity index is 227. The molecule has 0 aliphatic rings. The van der Waals surface area contributed by atoms with E-state index in [1.54, 1.807) is 0 Å². The van der Waals surface area contributed by atoms with Crippen molar-refractivity contribution < 1.29 is 8.42 Å². The van der Waals surface area contributed by atoms with Gasteiger partial charge in [-0.25, -0.2) is 4.72 Å². The molecule has 0 aromatic heterocycles. The summed E-state index contributed by atoms with van der Waals surface area (Å²) in [6.07, 6.45) is 1.58. The molecule has 0 heterocycles. The molecule has 1 N–H and O–H groups in total. The fraction of sp³-hybridized carbons (Fsp3) is 1.00. The van der Waals surface area contributed by atoms with Gasteiger partial charge in [-0.05, 0) is 19.8 Å². The van der Waals surface area contributed by atoms with Crippen molar-refractivity contribution in [3.05, 3.63) is 0 Å². The van der Waals surface area contributed by atoms with Crippen LogP contribution in [0.15, 0.2) is 0 Å². The van der Waals surface area contributed by atoms with Crippen molar-refractivity contribution in [3.8, 4) is 0 Å². The second kappa shape index (κ2) is 5.80. The van der Waals surface area contributed by atoms with Crippen LogP contribution in [0, 0.1) is 0 Å². The van der Waals surface area contributed by atoms with Crippen LogP contribution < -0.4 is 4.72 Å². The molecule has 0 spiro atoms. The molecule has 4 nitrogen and oxygen atoms in total. The number of nitrogens with one attached hydrogen (secondary N) is 1. The van der Waals surface area contributed by atoms with Crippen molar-refractivity contribution in [1.82, 2.24) is 9.03 Å². The summed E-state index contributed by atoms with van der Waals surface area (Å²) in [7, 11) is -0.271. The molecule has 1 unspecified atom stereocenters. The van der Waals surface area contributed by atoms with Crippen LogP contribution in [0.5, 0.6) is 0 Å². The summed E-state index contributed by atoms with van der Waals surface area (Å²) in [5, 5.41) is 0.101. The van der Waals surface area contributed by atoms with Crippen LogP contribution in [-0.4, -0.2) is 38.7 Å². The maximum Gasteiger partial charge on any atom is 0.278 e. The Balaban J connectivity index is 3.66. The van der Waals surface area contributed by atoms with Gasteiger partial charge in [0, 0.05) is 26.0 Å². The summed E-state index contributed by atoms with van der Waals surface area (Å²) in [5.74, 6) is 0. The first kappa shape index (κ1) is 13.2. The monoisotopic (exact) mass is 228 g/mol. The van der Waals surface area contributed by atoms with Gasteiger partial charge in [0.1, 0.15) is 0 Å². The van der Waals surface area contributed by atoms with Gasteiger partial charge in [0.2, 0.25) is 0 Å².